The lowest BCUT2D eigenvalue weighted by Gasteiger charge is -2.20. The molecule has 0 aromatic carbocycles. The van der Waals surface area contributed by atoms with E-state index < -0.39 is 0 Å². The fourth-order valence-corrected chi connectivity index (χ4v) is 3.06. The zero-order valence-electron chi connectivity index (χ0n) is 10.8. The van der Waals surface area contributed by atoms with Gasteiger partial charge in [-0.1, -0.05) is 20.8 Å². The minimum Gasteiger partial charge on any atom is -0.321 e. The van der Waals surface area contributed by atoms with Crippen LogP contribution in [0.2, 0.25) is 0 Å². The maximum atomic E-state index is 4.75. The monoisotopic (exact) mass is 238 g/mol. The Hall–Kier alpha value is -0.570. The number of aromatic nitrogens is 1. The van der Waals surface area contributed by atoms with Crippen molar-refractivity contribution >= 4 is 11.3 Å². The molecule has 2 nitrogen and oxygen atoms in total. The molecule has 0 spiro atoms. The molecule has 0 radical (unpaired) electrons. The highest BCUT2D eigenvalue weighted by Crippen LogP contribution is 2.28. The van der Waals surface area contributed by atoms with Crippen molar-refractivity contribution in [2.75, 3.05) is 6.54 Å². The van der Waals surface area contributed by atoms with Gasteiger partial charge in [-0.3, -0.25) is 4.99 Å². The van der Waals surface area contributed by atoms with Gasteiger partial charge in [0.1, 0.15) is 0 Å². The van der Waals surface area contributed by atoms with E-state index in [0.29, 0.717) is 0 Å². The van der Waals surface area contributed by atoms with Gasteiger partial charge in [0, 0.05) is 29.6 Å². The van der Waals surface area contributed by atoms with Crippen molar-refractivity contribution in [3.05, 3.63) is 15.9 Å². The lowest BCUT2D eigenvalue weighted by atomic mass is 9.93. The van der Waals surface area contributed by atoms with Gasteiger partial charge < -0.3 is 4.57 Å². The Labute approximate surface area is 102 Å². The van der Waals surface area contributed by atoms with Gasteiger partial charge in [-0.05, 0) is 25.7 Å². The SMILES string of the molecule is CCn1c(C(C)(C)C)csc1=NCC1CC1. The average molecular weight is 238 g/mol. The largest absolute Gasteiger partial charge is 0.321 e. The molecule has 0 amide bonds. The molecule has 1 aliphatic carbocycles. The van der Waals surface area contributed by atoms with Crippen molar-refractivity contribution < 1.29 is 0 Å². The summed E-state index contributed by atoms with van der Waals surface area (Å²) in [5, 5.41) is 2.27. The molecule has 0 N–H and O–H groups in total. The first-order valence-corrected chi connectivity index (χ1v) is 7.09. The summed E-state index contributed by atoms with van der Waals surface area (Å²) in [5.41, 5.74) is 1.63. The standard InChI is InChI=1S/C13H22N2S/c1-5-15-11(13(2,3)4)9-16-12(15)14-8-10-6-7-10/h9-10H,5-8H2,1-4H3. The zero-order valence-corrected chi connectivity index (χ0v) is 11.6. The fourth-order valence-electron chi connectivity index (χ4n) is 1.86. The molecule has 3 heteroatoms. The van der Waals surface area contributed by atoms with Crippen molar-refractivity contribution in [3.63, 3.8) is 0 Å². The molecular formula is C13H22N2S. The predicted octanol–water partition coefficient (Wildman–Crippen LogP) is 3.18. The normalized spacial score (nSPS) is 18.1. The van der Waals surface area contributed by atoms with E-state index in [9.17, 15) is 0 Å². The third-order valence-corrected chi connectivity index (χ3v) is 3.97. The molecule has 0 bridgehead atoms. The van der Waals surface area contributed by atoms with E-state index in [1.807, 2.05) is 0 Å². The van der Waals surface area contributed by atoms with Gasteiger partial charge in [-0.15, -0.1) is 11.3 Å². The van der Waals surface area contributed by atoms with Gasteiger partial charge in [0.2, 0.25) is 0 Å². The Balaban J connectivity index is 2.31. The summed E-state index contributed by atoms with van der Waals surface area (Å²) in [6, 6.07) is 0. The van der Waals surface area contributed by atoms with Gasteiger partial charge >= 0.3 is 0 Å². The van der Waals surface area contributed by atoms with Crippen LogP contribution in [0.15, 0.2) is 10.4 Å². The molecule has 0 unspecified atom stereocenters. The van der Waals surface area contributed by atoms with Crippen LogP contribution in [0.3, 0.4) is 0 Å². The molecule has 16 heavy (non-hydrogen) atoms. The Morgan fingerprint density at radius 1 is 1.44 bits per heavy atom. The number of nitrogens with zero attached hydrogens (tertiary/aromatic N) is 2. The fraction of sp³-hybridized carbons (Fsp3) is 0.769. The molecule has 1 aromatic rings. The maximum Gasteiger partial charge on any atom is 0.184 e. The Kier molecular flexibility index (Phi) is 3.24. The lowest BCUT2D eigenvalue weighted by Crippen LogP contribution is -2.24. The molecule has 1 heterocycles. The van der Waals surface area contributed by atoms with Gasteiger partial charge in [0.05, 0.1) is 0 Å². The first-order chi connectivity index (χ1) is 7.52. The highest BCUT2D eigenvalue weighted by molar-refractivity contribution is 7.07. The maximum absolute atomic E-state index is 4.75. The lowest BCUT2D eigenvalue weighted by molar-refractivity contribution is 0.516. The Morgan fingerprint density at radius 3 is 2.62 bits per heavy atom. The van der Waals surface area contributed by atoms with Gasteiger partial charge in [0.15, 0.2) is 4.80 Å². The molecule has 2 rings (SSSR count). The van der Waals surface area contributed by atoms with Crippen LogP contribution in [0.1, 0.15) is 46.2 Å². The summed E-state index contributed by atoms with van der Waals surface area (Å²) in [6.07, 6.45) is 2.76. The molecule has 1 aromatic heterocycles. The molecule has 0 saturated heterocycles. The van der Waals surface area contributed by atoms with Gasteiger partial charge in [0.25, 0.3) is 0 Å². The van der Waals surface area contributed by atoms with E-state index in [0.717, 1.165) is 19.0 Å². The smallest absolute Gasteiger partial charge is 0.184 e. The molecule has 1 saturated carbocycles. The van der Waals surface area contributed by atoms with Crippen LogP contribution in [-0.2, 0) is 12.0 Å². The van der Waals surface area contributed by atoms with Crippen LogP contribution in [-0.4, -0.2) is 11.1 Å². The molecule has 90 valence electrons. The molecule has 1 fully saturated rings. The number of hydrogen-bond acceptors (Lipinski definition) is 2. The molecular weight excluding hydrogens is 216 g/mol. The van der Waals surface area contributed by atoms with Crippen molar-refractivity contribution in [1.29, 1.82) is 0 Å². The average Bonchev–Trinajstić information content (AvgIpc) is 2.92. The minimum atomic E-state index is 0.222. The van der Waals surface area contributed by atoms with Crippen molar-refractivity contribution in [2.24, 2.45) is 10.9 Å². The Bertz CT molecular complexity index is 416. The topological polar surface area (TPSA) is 17.3 Å². The third kappa shape index (κ3) is 2.57. The van der Waals surface area contributed by atoms with E-state index in [1.54, 1.807) is 11.3 Å². The highest BCUT2D eigenvalue weighted by Gasteiger charge is 2.21. The molecule has 1 aliphatic rings. The second kappa shape index (κ2) is 4.36. The van der Waals surface area contributed by atoms with E-state index in [2.05, 4.69) is 37.6 Å². The minimum absolute atomic E-state index is 0.222. The van der Waals surface area contributed by atoms with Gasteiger partial charge in [-0.25, -0.2) is 0 Å². The summed E-state index contributed by atoms with van der Waals surface area (Å²) in [7, 11) is 0. The summed E-state index contributed by atoms with van der Waals surface area (Å²) < 4.78 is 2.37. The van der Waals surface area contributed by atoms with E-state index >= 15 is 0 Å². The second-order valence-corrected chi connectivity index (χ2v) is 6.52. The van der Waals surface area contributed by atoms with Crippen molar-refractivity contribution in [3.8, 4) is 0 Å². The summed E-state index contributed by atoms with van der Waals surface area (Å²) >= 11 is 1.79. The van der Waals surface area contributed by atoms with Gasteiger partial charge in [-0.2, -0.15) is 0 Å². The molecule has 0 atom stereocenters. The van der Waals surface area contributed by atoms with E-state index in [4.69, 9.17) is 4.99 Å². The quantitative estimate of drug-likeness (QED) is 0.769. The highest BCUT2D eigenvalue weighted by atomic mass is 32.1. The summed E-state index contributed by atoms with van der Waals surface area (Å²) in [6.45, 7) is 11.1. The van der Waals surface area contributed by atoms with E-state index in [-0.39, 0.29) is 5.41 Å². The number of rotatable bonds is 3. The Morgan fingerprint density at radius 2 is 2.12 bits per heavy atom. The van der Waals surface area contributed by atoms with Crippen molar-refractivity contribution in [2.45, 2.75) is 52.5 Å². The van der Waals surface area contributed by atoms with Crippen molar-refractivity contribution in [1.82, 2.24) is 4.57 Å². The summed E-state index contributed by atoms with van der Waals surface area (Å²) in [5.74, 6) is 0.880. The van der Waals surface area contributed by atoms with Crippen LogP contribution in [0, 0.1) is 5.92 Å². The van der Waals surface area contributed by atoms with Crippen LogP contribution < -0.4 is 4.80 Å². The van der Waals surface area contributed by atoms with Crippen LogP contribution in [0.4, 0.5) is 0 Å². The molecule has 0 aliphatic heterocycles. The number of thiazole rings is 1. The van der Waals surface area contributed by atoms with Crippen LogP contribution >= 0.6 is 11.3 Å². The predicted molar refractivity (Wildman–Crippen MR) is 69.8 cm³/mol. The first-order valence-electron chi connectivity index (χ1n) is 6.21. The second-order valence-electron chi connectivity index (χ2n) is 5.68. The summed E-state index contributed by atoms with van der Waals surface area (Å²) in [4.78, 5) is 5.96. The third-order valence-electron chi connectivity index (χ3n) is 3.06. The van der Waals surface area contributed by atoms with Crippen LogP contribution in [0.25, 0.3) is 0 Å². The zero-order chi connectivity index (χ0) is 11.8. The van der Waals surface area contributed by atoms with E-state index in [1.165, 1.54) is 23.3 Å². The number of hydrogen-bond donors (Lipinski definition) is 0. The van der Waals surface area contributed by atoms with Crippen LogP contribution in [0.5, 0.6) is 0 Å². The first kappa shape index (κ1) is 11.9.